The molecule has 80 valence electrons. The summed E-state index contributed by atoms with van der Waals surface area (Å²) in [5, 5.41) is 0. The van der Waals surface area contributed by atoms with Gasteiger partial charge >= 0.3 is 0 Å². The molecular formula is C11H24O2. The first-order valence-corrected chi connectivity index (χ1v) is 5.10. The van der Waals surface area contributed by atoms with Crippen molar-refractivity contribution < 1.29 is 9.47 Å². The van der Waals surface area contributed by atoms with E-state index in [0.29, 0.717) is 6.10 Å². The monoisotopic (exact) mass is 188 g/mol. The Morgan fingerprint density at radius 2 is 1.62 bits per heavy atom. The summed E-state index contributed by atoms with van der Waals surface area (Å²) in [6, 6.07) is 0. The van der Waals surface area contributed by atoms with E-state index < -0.39 is 0 Å². The zero-order chi connectivity index (χ0) is 10.5. The molecule has 0 aromatic carbocycles. The molecule has 0 aliphatic carbocycles. The topological polar surface area (TPSA) is 18.5 Å². The van der Waals surface area contributed by atoms with Crippen molar-refractivity contribution >= 4 is 0 Å². The van der Waals surface area contributed by atoms with Crippen LogP contribution in [0.2, 0.25) is 0 Å². The third kappa shape index (κ3) is 9.84. The molecule has 1 unspecified atom stereocenters. The highest BCUT2D eigenvalue weighted by Gasteiger charge is 2.14. The van der Waals surface area contributed by atoms with Crippen molar-refractivity contribution in [3.05, 3.63) is 0 Å². The zero-order valence-electron chi connectivity index (χ0n) is 9.89. The number of rotatable bonds is 5. The van der Waals surface area contributed by atoms with Crippen molar-refractivity contribution in [2.45, 2.75) is 65.8 Å². The average Bonchev–Trinajstić information content (AvgIpc) is 1.81. The van der Waals surface area contributed by atoms with E-state index in [4.69, 9.17) is 9.47 Å². The molecular weight excluding hydrogens is 164 g/mol. The van der Waals surface area contributed by atoms with Crippen molar-refractivity contribution in [3.63, 3.8) is 0 Å². The molecule has 0 aliphatic rings. The molecule has 0 rings (SSSR count). The molecule has 0 heterocycles. The van der Waals surface area contributed by atoms with Crippen LogP contribution >= 0.6 is 0 Å². The molecule has 0 saturated carbocycles. The van der Waals surface area contributed by atoms with Crippen molar-refractivity contribution in [2.24, 2.45) is 0 Å². The van der Waals surface area contributed by atoms with Crippen LogP contribution in [0.4, 0.5) is 0 Å². The lowest BCUT2D eigenvalue weighted by atomic mass is 10.1. The lowest BCUT2D eigenvalue weighted by Gasteiger charge is -2.25. The maximum Gasteiger partial charge on any atom is 0.0602 e. The van der Waals surface area contributed by atoms with Crippen LogP contribution in [0.25, 0.3) is 0 Å². The molecule has 1 atom stereocenters. The highest BCUT2D eigenvalue weighted by molar-refractivity contribution is 4.62. The fourth-order valence-electron chi connectivity index (χ4n) is 1.13. The summed E-state index contributed by atoms with van der Waals surface area (Å²) in [6.07, 6.45) is 1.57. The Hall–Kier alpha value is -0.0800. The SMILES string of the molecule is CC(C)OCCC(C)OC(C)(C)C. The van der Waals surface area contributed by atoms with Gasteiger partial charge in [-0.2, -0.15) is 0 Å². The Morgan fingerprint density at radius 1 is 1.08 bits per heavy atom. The number of hydrogen-bond donors (Lipinski definition) is 0. The molecule has 2 heteroatoms. The van der Waals surface area contributed by atoms with E-state index in [1.165, 1.54) is 0 Å². The van der Waals surface area contributed by atoms with E-state index >= 15 is 0 Å². The van der Waals surface area contributed by atoms with Crippen LogP contribution in [0.15, 0.2) is 0 Å². The summed E-state index contributed by atoms with van der Waals surface area (Å²) in [5.41, 5.74) is -0.0444. The molecule has 0 fully saturated rings. The smallest absolute Gasteiger partial charge is 0.0602 e. The Morgan fingerprint density at radius 3 is 2.00 bits per heavy atom. The second-order valence-corrected chi connectivity index (χ2v) is 4.75. The van der Waals surface area contributed by atoms with Gasteiger partial charge in [0.15, 0.2) is 0 Å². The molecule has 0 amide bonds. The van der Waals surface area contributed by atoms with E-state index in [2.05, 4.69) is 41.5 Å². The van der Waals surface area contributed by atoms with Crippen LogP contribution < -0.4 is 0 Å². The van der Waals surface area contributed by atoms with Gasteiger partial charge in [0.05, 0.1) is 17.8 Å². The first-order valence-electron chi connectivity index (χ1n) is 5.10. The minimum Gasteiger partial charge on any atom is -0.379 e. The van der Waals surface area contributed by atoms with Crippen molar-refractivity contribution in [2.75, 3.05) is 6.61 Å². The fourth-order valence-corrected chi connectivity index (χ4v) is 1.13. The molecule has 13 heavy (non-hydrogen) atoms. The van der Waals surface area contributed by atoms with Crippen LogP contribution in [0.1, 0.15) is 48.0 Å². The van der Waals surface area contributed by atoms with Gasteiger partial charge in [0, 0.05) is 6.61 Å². The third-order valence-electron chi connectivity index (χ3n) is 1.53. The normalized spacial score (nSPS) is 15.0. The second kappa shape index (κ2) is 5.61. The Bertz CT molecular complexity index is 125. The fraction of sp³-hybridized carbons (Fsp3) is 1.00. The number of hydrogen-bond acceptors (Lipinski definition) is 2. The van der Waals surface area contributed by atoms with Gasteiger partial charge in [-0.1, -0.05) is 0 Å². The summed E-state index contributed by atoms with van der Waals surface area (Å²) >= 11 is 0. The summed E-state index contributed by atoms with van der Waals surface area (Å²) in [6.45, 7) is 13.2. The van der Waals surface area contributed by atoms with E-state index in [0.717, 1.165) is 13.0 Å². The maximum absolute atomic E-state index is 5.74. The number of ether oxygens (including phenoxy) is 2. The van der Waals surface area contributed by atoms with Crippen molar-refractivity contribution in [1.82, 2.24) is 0 Å². The second-order valence-electron chi connectivity index (χ2n) is 4.75. The maximum atomic E-state index is 5.74. The van der Waals surface area contributed by atoms with Gasteiger partial charge in [0.2, 0.25) is 0 Å². The summed E-state index contributed by atoms with van der Waals surface area (Å²) in [5.74, 6) is 0. The molecule has 0 spiro atoms. The highest BCUT2D eigenvalue weighted by Crippen LogP contribution is 2.12. The lowest BCUT2D eigenvalue weighted by Crippen LogP contribution is -2.26. The quantitative estimate of drug-likeness (QED) is 0.660. The Balaban J connectivity index is 3.46. The summed E-state index contributed by atoms with van der Waals surface area (Å²) in [4.78, 5) is 0. The minimum atomic E-state index is -0.0444. The summed E-state index contributed by atoms with van der Waals surface area (Å²) < 4.78 is 11.2. The Kier molecular flexibility index (Phi) is 5.57. The van der Waals surface area contributed by atoms with Crippen molar-refractivity contribution in [1.29, 1.82) is 0 Å². The summed E-state index contributed by atoms with van der Waals surface area (Å²) in [7, 11) is 0. The van der Waals surface area contributed by atoms with Crippen LogP contribution in [0.3, 0.4) is 0 Å². The van der Waals surface area contributed by atoms with E-state index in [1.54, 1.807) is 0 Å². The van der Waals surface area contributed by atoms with Gasteiger partial charge in [-0.3, -0.25) is 0 Å². The van der Waals surface area contributed by atoms with Gasteiger partial charge in [-0.05, 0) is 48.0 Å². The van der Waals surface area contributed by atoms with Gasteiger partial charge in [-0.25, -0.2) is 0 Å². The largest absolute Gasteiger partial charge is 0.379 e. The standard InChI is InChI=1S/C11H24O2/c1-9(2)12-8-7-10(3)13-11(4,5)6/h9-10H,7-8H2,1-6H3. The zero-order valence-corrected chi connectivity index (χ0v) is 9.89. The molecule has 0 aliphatic heterocycles. The van der Waals surface area contributed by atoms with E-state index in [1.807, 2.05) is 0 Å². The molecule has 0 radical (unpaired) electrons. The molecule has 0 N–H and O–H groups in total. The Labute approximate surface area is 82.6 Å². The molecule has 2 nitrogen and oxygen atoms in total. The first kappa shape index (κ1) is 12.9. The van der Waals surface area contributed by atoms with Gasteiger partial charge < -0.3 is 9.47 Å². The average molecular weight is 188 g/mol. The van der Waals surface area contributed by atoms with Gasteiger partial charge in [-0.15, -0.1) is 0 Å². The van der Waals surface area contributed by atoms with E-state index in [-0.39, 0.29) is 11.7 Å². The van der Waals surface area contributed by atoms with Crippen LogP contribution in [-0.2, 0) is 9.47 Å². The predicted molar refractivity (Wildman–Crippen MR) is 56.0 cm³/mol. The predicted octanol–water partition coefficient (Wildman–Crippen LogP) is 3.01. The lowest BCUT2D eigenvalue weighted by molar-refractivity contribution is -0.0659. The molecule has 0 aromatic rings. The minimum absolute atomic E-state index is 0.0444. The van der Waals surface area contributed by atoms with Crippen LogP contribution in [0.5, 0.6) is 0 Å². The first-order chi connectivity index (χ1) is 5.81. The molecule has 0 aromatic heterocycles. The van der Waals surface area contributed by atoms with Crippen LogP contribution in [0, 0.1) is 0 Å². The van der Waals surface area contributed by atoms with Crippen LogP contribution in [-0.4, -0.2) is 24.4 Å². The third-order valence-corrected chi connectivity index (χ3v) is 1.53. The van der Waals surface area contributed by atoms with E-state index in [9.17, 15) is 0 Å². The highest BCUT2D eigenvalue weighted by atomic mass is 16.5. The molecule has 0 bridgehead atoms. The van der Waals surface area contributed by atoms with Crippen molar-refractivity contribution in [3.8, 4) is 0 Å². The van der Waals surface area contributed by atoms with Gasteiger partial charge in [0.25, 0.3) is 0 Å². The van der Waals surface area contributed by atoms with Gasteiger partial charge in [0.1, 0.15) is 0 Å². The molecule has 0 saturated heterocycles.